The summed E-state index contributed by atoms with van der Waals surface area (Å²) in [5.41, 5.74) is 0. The Morgan fingerprint density at radius 2 is 1.69 bits per heavy atom. The Labute approximate surface area is 101 Å². The lowest BCUT2D eigenvalue weighted by Crippen LogP contribution is -2.42. The average molecular weight is 228 g/mol. The third-order valence-electron chi connectivity index (χ3n) is 4.21. The SMILES string of the molecule is CCC(C)C.C[C@@H]1[C@@H]2CO[C@@]1(C)OC[C@@H]2C. The van der Waals surface area contributed by atoms with Gasteiger partial charge in [0.25, 0.3) is 0 Å². The maximum Gasteiger partial charge on any atom is 0.168 e. The van der Waals surface area contributed by atoms with Gasteiger partial charge in [-0.05, 0) is 24.7 Å². The molecule has 0 saturated carbocycles. The number of rotatable bonds is 1. The summed E-state index contributed by atoms with van der Waals surface area (Å²) in [7, 11) is 0. The second kappa shape index (κ2) is 5.50. The van der Waals surface area contributed by atoms with Crippen molar-refractivity contribution in [1.82, 2.24) is 0 Å². The molecule has 0 N–H and O–H groups in total. The van der Waals surface area contributed by atoms with Crippen molar-refractivity contribution in [3.8, 4) is 0 Å². The second-order valence-corrected chi connectivity index (χ2v) is 5.87. The van der Waals surface area contributed by atoms with Gasteiger partial charge in [0.1, 0.15) is 0 Å². The molecule has 0 aliphatic carbocycles. The Kier molecular flexibility index (Phi) is 4.81. The molecule has 2 aliphatic rings. The highest BCUT2D eigenvalue weighted by atomic mass is 16.7. The van der Waals surface area contributed by atoms with Crippen molar-refractivity contribution in [1.29, 1.82) is 0 Å². The number of ether oxygens (including phenoxy) is 2. The topological polar surface area (TPSA) is 18.5 Å². The van der Waals surface area contributed by atoms with Crippen LogP contribution in [0.1, 0.15) is 48.0 Å². The molecule has 2 rings (SSSR count). The highest BCUT2D eigenvalue weighted by Gasteiger charge is 2.50. The Bertz CT molecular complexity index is 215. The van der Waals surface area contributed by atoms with E-state index in [0.29, 0.717) is 17.8 Å². The van der Waals surface area contributed by atoms with Gasteiger partial charge in [-0.2, -0.15) is 0 Å². The van der Waals surface area contributed by atoms with Gasteiger partial charge >= 0.3 is 0 Å². The van der Waals surface area contributed by atoms with E-state index in [0.717, 1.165) is 19.1 Å². The monoisotopic (exact) mass is 228 g/mol. The third-order valence-corrected chi connectivity index (χ3v) is 4.21. The van der Waals surface area contributed by atoms with E-state index in [2.05, 4.69) is 41.5 Å². The first kappa shape index (κ1) is 14.0. The summed E-state index contributed by atoms with van der Waals surface area (Å²) in [5, 5.41) is 0. The van der Waals surface area contributed by atoms with Gasteiger partial charge in [-0.15, -0.1) is 0 Å². The number of fused-ring (bicyclic) bond motifs is 2. The normalized spacial score (nSPS) is 41.8. The van der Waals surface area contributed by atoms with Crippen LogP contribution in [0.2, 0.25) is 0 Å². The van der Waals surface area contributed by atoms with Gasteiger partial charge in [-0.3, -0.25) is 0 Å². The molecule has 2 saturated heterocycles. The lowest BCUT2D eigenvalue weighted by Gasteiger charge is -2.37. The molecule has 0 aromatic rings. The van der Waals surface area contributed by atoms with E-state index >= 15 is 0 Å². The largest absolute Gasteiger partial charge is 0.350 e. The van der Waals surface area contributed by atoms with Crippen LogP contribution in [0.15, 0.2) is 0 Å². The smallest absolute Gasteiger partial charge is 0.168 e. The summed E-state index contributed by atoms with van der Waals surface area (Å²) in [5.74, 6) is 2.56. The Morgan fingerprint density at radius 3 is 2.12 bits per heavy atom. The zero-order valence-electron chi connectivity index (χ0n) is 11.7. The summed E-state index contributed by atoms with van der Waals surface area (Å²) in [6, 6.07) is 0. The summed E-state index contributed by atoms with van der Waals surface area (Å²) >= 11 is 0. The van der Waals surface area contributed by atoms with Gasteiger partial charge in [0.2, 0.25) is 0 Å². The summed E-state index contributed by atoms with van der Waals surface area (Å²) in [6.07, 6.45) is 1.31. The molecular formula is C14H28O2. The maximum absolute atomic E-state index is 5.66. The minimum Gasteiger partial charge on any atom is -0.350 e. The molecule has 4 atom stereocenters. The standard InChI is InChI=1S/C9H16O2.C5H12/c1-6-4-10-9(3)7(2)8(6)5-11-9;1-4-5(2)3/h6-8H,4-5H2,1-3H3;5H,4H2,1-3H3/t6-,7+,8+,9+;/m0./s1. The van der Waals surface area contributed by atoms with E-state index in [-0.39, 0.29) is 5.79 Å². The van der Waals surface area contributed by atoms with Crippen LogP contribution in [0.25, 0.3) is 0 Å². The van der Waals surface area contributed by atoms with Gasteiger partial charge in [-0.1, -0.05) is 41.0 Å². The Balaban J connectivity index is 0.000000221. The molecule has 2 bridgehead atoms. The van der Waals surface area contributed by atoms with Crippen molar-refractivity contribution in [3.63, 3.8) is 0 Å². The van der Waals surface area contributed by atoms with Crippen LogP contribution in [0, 0.1) is 23.7 Å². The van der Waals surface area contributed by atoms with Crippen molar-refractivity contribution >= 4 is 0 Å². The van der Waals surface area contributed by atoms with Gasteiger partial charge in [-0.25, -0.2) is 0 Å². The lowest BCUT2D eigenvalue weighted by atomic mass is 9.80. The highest BCUT2D eigenvalue weighted by molar-refractivity contribution is 4.91. The molecule has 0 aromatic carbocycles. The minimum absolute atomic E-state index is 0.267. The van der Waals surface area contributed by atoms with Crippen LogP contribution in [0.3, 0.4) is 0 Å². The van der Waals surface area contributed by atoms with E-state index in [1.165, 1.54) is 6.42 Å². The van der Waals surface area contributed by atoms with Crippen LogP contribution in [0.5, 0.6) is 0 Å². The molecule has 2 fully saturated rings. The molecule has 0 aromatic heterocycles. The van der Waals surface area contributed by atoms with Crippen molar-refractivity contribution in [2.24, 2.45) is 23.7 Å². The van der Waals surface area contributed by atoms with Crippen molar-refractivity contribution < 1.29 is 9.47 Å². The first-order valence-corrected chi connectivity index (χ1v) is 6.68. The molecular weight excluding hydrogens is 200 g/mol. The van der Waals surface area contributed by atoms with Gasteiger partial charge in [0.05, 0.1) is 13.2 Å². The molecule has 2 heteroatoms. The fraction of sp³-hybridized carbons (Fsp3) is 1.00. The fourth-order valence-corrected chi connectivity index (χ4v) is 2.18. The van der Waals surface area contributed by atoms with Crippen LogP contribution < -0.4 is 0 Å². The lowest BCUT2D eigenvalue weighted by molar-refractivity contribution is -0.231. The molecule has 0 radical (unpaired) electrons. The predicted molar refractivity (Wildman–Crippen MR) is 67.3 cm³/mol. The third kappa shape index (κ3) is 2.98. The first-order chi connectivity index (χ1) is 7.40. The molecule has 0 unspecified atom stereocenters. The van der Waals surface area contributed by atoms with Crippen LogP contribution in [-0.2, 0) is 9.47 Å². The average Bonchev–Trinajstić information content (AvgIpc) is 2.43. The van der Waals surface area contributed by atoms with E-state index < -0.39 is 0 Å². The van der Waals surface area contributed by atoms with Gasteiger partial charge in [0.15, 0.2) is 5.79 Å². The minimum atomic E-state index is -0.267. The molecule has 2 aliphatic heterocycles. The van der Waals surface area contributed by atoms with Crippen LogP contribution in [-0.4, -0.2) is 19.0 Å². The molecule has 2 heterocycles. The van der Waals surface area contributed by atoms with Gasteiger partial charge in [0, 0.05) is 5.92 Å². The first-order valence-electron chi connectivity index (χ1n) is 6.68. The number of hydrogen-bond donors (Lipinski definition) is 0. The maximum atomic E-state index is 5.66. The van der Waals surface area contributed by atoms with Gasteiger partial charge < -0.3 is 9.47 Å². The Morgan fingerprint density at radius 1 is 1.19 bits per heavy atom. The summed E-state index contributed by atoms with van der Waals surface area (Å²) in [4.78, 5) is 0. The zero-order chi connectivity index (χ0) is 12.3. The summed E-state index contributed by atoms with van der Waals surface area (Å²) in [6.45, 7) is 14.9. The van der Waals surface area contributed by atoms with Crippen molar-refractivity contribution in [2.75, 3.05) is 13.2 Å². The van der Waals surface area contributed by atoms with Crippen LogP contribution in [0.4, 0.5) is 0 Å². The van der Waals surface area contributed by atoms with E-state index in [1.807, 2.05) is 0 Å². The molecule has 16 heavy (non-hydrogen) atoms. The second-order valence-electron chi connectivity index (χ2n) is 5.87. The number of hydrogen-bond acceptors (Lipinski definition) is 2. The van der Waals surface area contributed by atoms with E-state index in [9.17, 15) is 0 Å². The predicted octanol–water partition coefficient (Wildman–Crippen LogP) is 3.70. The quantitative estimate of drug-likeness (QED) is 0.681. The fourth-order valence-electron chi connectivity index (χ4n) is 2.18. The molecule has 0 spiro atoms. The van der Waals surface area contributed by atoms with Crippen molar-refractivity contribution in [2.45, 2.75) is 53.8 Å². The highest BCUT2D eigenvalue weighted by Crippen LogP contribution is 2.44. The molecule has 2 nitrogen and oxygen atoms in total. The Hall–Kier alpha value is -0.0800. The molecule has 96 valence electrons. The molecule has 0 amide bonds. The summed E-state index contributed by atoms with van der Waals surface area (Å²) < 4.78 is 11.3. The zero-order valence-corrected chi connectivity index (χ0v) is 11.7. The van der Waals surface area contributed by atoms with E-state index in [4.69, 9.17) is 9.47 Å². The van der Waals surface area contributed by atoms with Crippen LogP contribution >= 0.6 is 0 Å². The van der Waals surface area contributed by atoms with Crippen molar-refractivity contribution in [3.05, 3.63) is 0 Å². The van der Waals surface area contributed by atoms with E-state index in [1.54, 1.807) is 0 Å².